The van der Waals surface area contributed by atoms with Crippen LogP contribution in [0.5, 0.6) is 0 Å². The van der Waals surface area contributed by atoms with Crippen LogP contribution in [0.25, 0.3) is 33.6 Å². The summed E-state index contributed by atoms with van der Waals surface area (Å²) >= 11 is 0. The van der Waals surface area contributed by atoms with Gasteiger partial charge in [-0.15, -0.1) is 6.58 Å². The summed E-state index contributed by atoms with van der Waals surface area (Å²) in [6, 6.07) is 38.8. The third-order valence-electron chi connectivity index (χ3n) is 10.1. The monoisotopic (exact) mass is 532 g/mol. The third kappa shape index (κ3) is 3.31. The van der Waals surface area contributed by atoms with Crippen LogP contribution in [0.15, 0.2) is 128 Å². The summed E-state index contributed by atoms with van der Waals surface area (Å²) in [5, 5.41) is 0. The molecule has 0 amide bonds. The summed E-state index contributed by atoms with van der Waals surface area (Å²) in [6.07, 6.45) is 7.91. The van der Waals surface area contributed by atoms with E-state index in [4.69, 9.17) is 0 Å². The average molecular weight is 533 g/mol. The Morgan fingerprint density at radius 1 is 0.756 bits per heavy atom. The number of nitrogens with zero attached hydrogens (tertiary/aromatic N) is 2. The highest BCUT2D eigenvalue weighted by atomic mass is 15.2. The van der Waals surface area contributed by atoms with Crippen LogP contribution >= 0.6 is 0 Å². The largest absolute Gasteiger partial charge is 0.213 e. The minimum Gasteiger partial charge on any atom is -0.194 e. The molecule has 4 unspecified atom stereocenters. The van der Waals surface area contributed by atoms with Crippen molar-refractivity contribution in [3.63, 3.8) is 0 Å². The van der Waals surface area contributed by atoms with E-state index in [1.807, 2.05) is 0 Å². The van der Waals surface area contributed by atoms with Gasteiger partial charge in [0.1, 0.15) is 11.8 Å². The topological polar surface area (TPSA) is 7.76 Å². The summed E-state index contributed by atoms with van der Waals surface area (Å²) in [5.74, 6) is 0.631. The molecule has 1 spiro atoms. The fourth-order valence-corrected chi connectivity index (χ4v) is 8.21. The first-order chi connectivity index (χ1) is 19.9. The van der Waals surface area contributed by atoms with E-state index in [-0.39, 0.29) is 16.9 Å². The Morgan fingerprint density at radius 2 is 1.54 bits per heavy atom. The van der Waals surface area contributed by atoms with Gasteiger partial charge in [-0.1, -0.05) is 87.5 Å². The maximum Gasteiger partial charge on any atom is 0.213 e. The molecule has 2 nitrogen and oxygen atoms in total. The van der Waals surface area contributed by atoms with E-state index in [0.717, 1.165) is 6.42 Å². The lowest BCUT2D eigenvalue weighted by Gasteiger charge is -2.56. The standard InChI is InChI=1S/C39H36N2/c1-5-33-37-36(31-16-10-9-15-30(31)34-17-11-12-21-40(34)37)39(33)25-28-19-18-27(26-13-7-6-8-14-26)23-32(28)35-24-29(38(2,3)4)20-22-41(35)39/h5-24,33,36-37H,1,25H2,2-4H3/q+2. The lowest BCUT2D eigenvalue weighted by molar-refractivity contribution is -0.837. The smallest absolute Gasteiger partial charge is 0.194 e. The molecular formula is C39H36N2+2. The molecule has 1 saturated carbocycles. The molecule has 0 N–H and O–H groups in total. The second-order valence-electron chi connectivity index (χ2n) is 13.1. The maximum absolute atomic E-state index is 4.47. The molecule has 3 aliphatic rings. The molecule has 5 aromatic rings. The van der Waals surface area contributed by atoms with E-state index in [1.165, 1.54) is 50.3 Å². The van der Waals surface area contributed by atoms with Gasteiger partial charge in [0, 0.05) is 30.7 Å². The second-order valence-corrected chi connectivity index (χ2v) is 13.1. The molecule has 2 aromatic heterocycles. The quantitative estimate of drug-likeness (QED) is 0.161. The van der Waals surface area contributed by atoms with Gasteiger partial charge in [-0.3, -0.25) is 0 Å². The Labute approximate surface area is 243 Å². The van der Waals surface area contributed by atoms with Gasteiger partial charge in [0.15, 0.2) is 24.0 Å². The van der Waals surface area contributed by atoms with Crippen LogP contribution in [-0.2, 0) is 17.4 Å². The van der Waals surface area contributed by atoms with Crippen LogP contribution in [0.4, 0.5) is 0 Å². The Bertz CT molecular complexity index is 1840. The van der Waals surface area contributed by atoms with E-state index >= 15 is 0 Å². The van der Waals surface area contributed by atoms with Crippen molar-refractivity contribution in [1.29, 1.82) is 0 Å². The van der Waals surface area contributed by atoms with Crippen LogP contribution in [0.1, 0.15) is 49.4 Å². The minimum atomic E-state index is -0.129. The van der Waals surface area contributed by atoms with Gasteiger partial charge in [-0.25, -0.2) is 0 Å². The average Bonchev–Trinajstić information content (AvgIpc) is 3.00. The fraction of sp³-hybridized carbons (Fsp3) is 0.231. The van der Waals surface area contributed by atoms with Crippen LogP contribution in [-0.4, -0.2) is 0 Å². The molecule has 4 atom stereocenters. The van der Waals surface area contributed by atoms with Crippen molar-refractivity contribution in [2.75, 3.05) is 0 Å². The molecule has 3 aromatic carbocycles. The first kappa shape index (κ1) is 24.5. The van der Waals surface area contributed by atoms with Crippen LogP contribution in [0.2, 0.25) is 0 Å². The van der Waals surface area contributed by atoms with Gasteiger partial charge in [0.05, 0.1) is 11.1 Å². The molecule has 1 aliphatic carbocycles. The normalized spacial score (nSPS) is 23.3. The Balaban J connectivity index is 1.39. The van der Waals surface area contributed by atoms with E-state index in [2.05, 4.69) is 158 Å². The van der Waals surface area contributed by atoms with Crippen molar-refractivity contribution in [2.24, 2.45) is 5.92 Å². The predicted octanol–water partition coefficient (Wildman–Crippen LogP) is 7.97. The Hall–Kier alpha value is -4.30. The van der Waals surface area contributed by atoms with E-state index in [0.29, 0.717) is 12.0 Å². The molecule has 4 heterocycles. The predicted molar refractivity (Wildman–Crippen MR) is 165 cm³/mol. The molecule has 2 heteroatoms. The third-order valence-corrected chi connectivity index (χ3v) is 10.1. The number of rotatable bonds is 2. The number of aromatic nitrogens is 2. The Kier molecular flexibility index (Phi) is 5.14. The minimum absolute atomic E-state index is 0.0591. The van der Waals surface area contributed by atoms with E-state index < -0.39 is 0 Å². The number of benzene rings is 3. The highest BCUT2D eigenvalue weighted by Crippen LogP contribution is 2.64. The van der Waals surface area contributed by atoms with Crippen molar-refractivity contribution in [3.05, 3.63) is 145 Å². The highest BCUT2D eigenvalue weighted by Gasteiger charge is 2.75. The number of hydrogen-bond donors (Lipinski definition) is 0. The first-order valence-electron chi connectivity index (χ1n) is 14.9. The zero-order valence-corrected chi connectivity index (χ0v) is 24.1. The summed E-state index contributed by atoms with van der Waals surface area (Å²) < 4.78 is 5.18. The molecule has 0 saturated heterocycles. The van der Waals surface area contributed by atoms with Crippen molar-refractivity contribution < 1.29 is 9.13 Å². The van der Waals surface area contributed by atoms with E-state index in [9.17, 15) is 0 Å². The van der Waals surface area contributed by atoms with E-state index in [1.54, 1.807) is 0 Å². The summed E-state index contributed by atoms with van der Waals surface area (Å²) in [7, 11) is 0. The zero-order chi connectivity index (χ0) is 27.9. The van der Waals surface area contributed by atoms with Crippen molar-refractivity contribution in [2.45, 2.75) is 50.1 Å². The molecule has 1 fully saturated rings. The van der Waals surface area contributed by atoms with Gasteiger partial charge < -0.3 is 0 Å². The second kappa shape index (κ2) is 8.60. The van der Waals surface area contributed by atoms with Gasteiger partial charge in [-0.05, 0) is 51.4 Å². The number of allylic oxidation sites excluding steroid dienone is 1. The number of fused-ring (bicyclic) bond motifs is 11. The van der Waals surface area contributed by atoms with Gasteiger partial charge in [0.25, 0.3) is 0 Å². The number of hydrogen-bond acceptors (Lipinski definition) is 0. The highest BCUT2D eigenvalue weighted by molar-refractivity contribution is 5.74. The molecule has 41 heavy (non-hydrogen) atoms. The van der Waals surface area contributed by atoms with Crippen molar-refractivity contribution in [3.8, 4) is 33.6 Å². The fourth-order valence-electron chi connectivity index (χ4n) is 8.21. The first-order valence-corrected chi connectivity index (χ1v) is 14.9. The van der Waals surface area contributed by atoms with Gasteiger partial charge in [-0.2, -0.15) is 9.13 Å². The molecule has 8 rings (SSSR count). The summed E-state index contributed by atoms with van der Waals surface area (Å²) in [4.78, 5) is 0. The van der Waals surface area contributed by atoms with Crippen LogP contribution in [0, 0.1) is 5.92 Å². The lowest BCUT2D eigenvalue weighted by Crippen LogP contribution is -2.80. The molecule has 0 bridgehead atoms. The van der Waals surface area contributed by atoms with Gasteiger partial charge >= 0.3 is 0 Å². The maximum atomic E-state index is 4.47. The molecule has 2 aliphatic heterocycles. The van der Waals surface area contributed by atoms with Gasteiger partial charge in [0.2, 0.25) is 11.4 Å². The number of pyridine rings is 2. The Morgan fingerprint density at radius 3 is 2.34 bits per heavy atom. The molecule has 200 valence electrons. The lowest BCUT2D eigenvalue weighted by atomic mass is 9.48. The SMILES string of the molecule is C=CC1C2C(c3ccccc3-c3cccc[n+]32)C12Cc1ccc(-c3ccccc3)cc1-c1cc(C(C)(C)C)cc[n+]12. The molecule has 0 radical (unpaired) electrons. The summed E-state index contributed by atoms with van der Waals surface area (Å²) in [6.45, 7) is 11.4. The summed E-state index contributed by atoms with van der Waals surface area (Å²) in [5.41, 5.74) is 12.1. The zero-order valence-electron chi connectivity index (χ0n) is 24.1. The van der Waals surface area contributed by atoms with Crippen molar-refractivity contribution >= 4 is 0 Å². The van der Waals surface area contributed by atoms with Crippen molar-refractivity contribution in [1.82, 2.24) is 0 Å². The van der Waals surface area contributed by atoms with Crippen LogP contribution < -0.4 is 9.13 Å². The molecular weight excluding hydrogens is 496 g/mol. The van der Waals surface area contributed by atoms with Crippen LogP contribution in [0.3, 0.4) is 0 Å².